The van der Waals surface area contributed by atoms with Gasteiger partial charge in [0.15, 0.2) is 0 Å². The third-order valence-corrected chi connectivity index (χ3v) is 4.38. The maximum absolute atomic E-state index is 3.28. The fraction of sp³-hybridized carbons (Fsp3) is 0.333. The molecule has 110 valence electrons. The van der Waals surface area contributed by atoms with Gasteiger partial charge >= 0.3 is 0 Å². The van der Waals surface area contributed by atoms with Crippen LogP contribution in [0.1, 0.15) is 18.5 Å². The number of hydrogen-bond acceptors (Lipinski definition) is 3. The standard InChI is InChI=1S/C18H23N3/c1-14(19-2)15-8-10-16(11-9-15)21-13-12-20(3)17-6-4-5-7-18(17)21/h4-11,14,19H,12-13H2,1-3H3. The molecule has 3 heteroatoms. The first-order chi connectivity index (χ1) is 10.2. The first-order valence-electron chi connectivity index (χ1n) is 7.55. The molecule has 0 bridgehead atoms. The van der Waals surface area contributed by atoms with E-state index >= 15 is 0 Å². The highest BCUT2D eigenvalue weighted by molar-refractivity contribution is 5.79. The van der Waals surface area contributed by atoms with Crippen molar-refractivity contribution in [2.75, 3.05) is 37.0 Å². The van der Waals surface area contributed by atoms with Crippen molar-refractivity contribution in [1.82, 2.24) is 5.32 Å². The quantitative estimate of drug-likeness (QED) is 0.928. The van der Waals surface area contributed by atoms with E-state index in [0.717, 1.165) is 13.1 Å². The second-order valence-electron chi connectivity index (χ2n) is 5.66. The molecule has 0 fully saturated rings. The number of rotatable bonds is 3. The normalized spacial score (nSPS) is 15.8. The molecule has 21 heavy (non-hydrogen) atoms. The Balaban J connectivity index is 1.93. The van der Waals surface area contributed by atoms with E-state index in [-0.39, 0.29) is 0 Å². The average molecular weight is 281 g/mol. The van der Waals surface area contributed by atoms with Crippen LogP contribution in [0.3, 0.4) is 0 Å². The number of para-hydroxylation sites is 2. The average Bonchev–Trinajstić information content (AvgIpc) is 2.55. The van der Waals surface area contributed by atoms with Gasteiger partial charge in [-0.25, -0.2) is 0 Å². The molecule has 2 aromatic carbocycles. The summed E-state index contributed by atoms with van der Waals surface area (Å²) < 4.78 is 0. The van der Waals surface area contributed by atoms with Crippen molar-refractivity contribution in [3.8, 4) is 0 Å². The Morgan fingerprint density at radius 1 is 0.952 bits per heavy atom. The van der Waals surface area contributed by atoms with E-state index in [2.05, 4.69) is 77.6 Å². The van der Waals surface area contributed by atoms with Gasteiger partial charge in [0.25, 0.3) is 0 Å². The fourth-order valence-electron chi connectivity index (χ4n) is 2.88. The van der Waals surface area contributed by atoms with E-state index in [1.807, 2.05) is 7.05 Å². The van der Waals surface area contributed by atoms with Crippen molar-refractivity contribution in [3.63, 3.8) is 0 Å². The lowest BCUT2D eigenvalue weighted by atomic mass is 10.1. The zero-order valence-electron chi connectivity index (χ0n) is 13.0. The van der Waals surface area contributed by atoms with Gasteiger partial charge in [0.2, 0.25) is 0 Å². The number of nitrogens with one attached hydrogen (secondary N) is 1. The Hall–Kier alpha value is -2.00. The monoisotopic (exact) mass is 281 g/mol. The van der Waals surface area contributed by atoms with Gasteiger partial charge < -0.3 is 15.1 Å². The number of hydrogen-bond donors (Lipinski definition) is 1. The molecule has 3 rings (SSSR count). The van der Waals surface area contributed by atoms with Crippen molar-refractivity contribution in [2.45, 2.75) is 13.0 Å². The Morgan fingerprint density at radius 3 is 2.29 bits per heavy atom. The molecule has 0 aliphatic carbocycles. The summed E-state index contributed by atoms with van der Waals surface area (Å²) in [5.74, 6) is 0. The van der Waals surface area contributed by atoms with Crippen LogP contribution in [0.15, 0.2) is 48.5 Å². The number of benzene rings is 2. The van der Waals surface area contributed by atoms with Crippen molar-refractivity contribution in [2.24, 2.45) is 0 Å². The largest absolute Gasteiger partial charge is 0.371 e. The van der Waals surface area contributed by atoms with E-state index in [4.69, 9.17) is 0 Å². The zero-order chi connectivity index (χ0) is 14.8. The molecule has 0 aromatic heterocycles. The Morgan fingerprint density at radius 2 is 1.62 bits per heavy atom. The number of fused-ring (bicyclic) bond motifs is 1. The summed E-state index contributed by atoms with van der Waals surface area (Å²) in [6.45, 7) is 4.25. The summed E-state index contributed by atoms with van der Waals surface area (Å²) in [6, 6.07) is 17.9. The minimum absolute atomic E-state index is 0.388. The third-order valence-electron chi connectivity index (χ3n) is 4.38. The zero-order valence-corrected chi connectivity index (χ0v) is 13.0. The SMILES string of the molecule is CNC(C)c1ccc(N2CCN(C)c3ccccc32)cc1. The van der Waals surface area contributed by atoms with Crippen molar-refractivity contribution in [3.05, 3.63) is 54.1 Å². The van der Waals surface area contributed by atoms with Crippen LogP contribution in [-0.2, 0) is 0 Å². The van der Waals surface area contributed by atoms with E-state index in [9.17, 15) is 0 Å². The van der Waals surface area contributed by atoms with Crippen molar-refractivity contribution < 1.29 is 0 Å². The Kier molecular flexibility index (Phi) is 3.84. The summed E-state index contributed by atoms with van der Waals surface area (Å²) in [6.07, 6.45) is 0. The Labute approximate surface area is 127 Å². The smallest absolute Gasteiger partial charge is 0.0649 e. The maximum Gasteiger partial charge on any atom is 0.0649 e. The third kappa shape index (κ3) is 2.61. The van der Waals surface area contributed by atoms with Crippen molar-refractivity contribution >= 4 is 17.1 Å². The van der Waals surface area contributed by atoms with Crippen LogP contribution in [0.4, 0.5) is 17.1 Å². The van der Waals surface area contributed by atoms with Gasteiger partial charge in [-0.05, 0) is 43.8 Å². The van der Waals surface area contributed by atoms with Gasteiger partial charge in [-0.1, -0.05) is 24.3 Å². The van der Waals surface area contributed by atoms with E-state index in [1.165, 1.54) is 22.6 Å². The van der Waals surface area contributed by atoms with Gasteiger partial charge in [-0.2, -0.15) is 0 Å². The molecule has 0 amide bonds. The summed E-state index contributed by atoms with van der Waals surface area (Å²) in [5.41, 5.74) is 5.18. The van der Waals surface area contributed by atoms with Crippen LogP contribution in [0.5, 0.6) is 0 Å². The first kappa shape index (κ1) is 14.0. The highest BCUT2D eigenvalue weighted by atomic mass is 15.3. The topological polar surface area (TPSA) is 18.5 Å². The molecule has 0 saturated heterocycles. The predicted molar refractivity (Wildman–Crippen MR) is 90.6 cm³/mol. The fourth-order valence-corrected chi connectivity index (χ4v) is 2.88. The van der Waals surface area contributed by atoms with Crippen LogP contribution in [0.25, 0.3) is 0 Å². The molecule has 1 unspecified atom stereocenters. The summed E-state index contributed by atoms with van der Waals surface area (Å²) in [7, 11) is 4.16. The predicted octanol–water partition coefficient (Wildman–Crippen LogP) is 3.55. The van der Waals surface area contributed by atoms with Gasteiger partial charge in [0.05, 0.1) is 11.4 Å². The molecule has 2 aromatic rings. The molecule has 1 heterocycles. The molecular formula is C18H23N3. The van der Waals surface area contributed by atoms with Crippen LogP contribution in [0, 0.1) is 0 Å². The molecule has 3 nitrogen and oxygen atoms in total. The van der Waals surface area contributed by atoms with Gasteiger partial charge in [-0.15, -0.1) is 0 Å². The van der Waals surface area contributed by atoms with Crippen molar-refractivity contribution in [1.29, 1.82) is 0 Å². The molecule has 1 aliphatic heterocycles. The lowest BCUT2D eigenvalue weighted by Crippen LogP contribution is -2.36. The van der Waals surface area contributed by atoms with E-state index in [1.54, 1.807) is 0 Å². The number of nitrogens with zero attached hydrogens (tertiary/aromatic N) is 2. The minimum atomic E-state index is 0.388. The van der Waals surface area contributed by atoms with Gasteiger partial charge in [-0.3, -0.25) is 0 Å². The van der Waals surface area contributed by atoms with Crippen LogP contribution in [0.2, 0.25) is 0 Å². The molecule has 1 aliphatic rings. The highest BCUT2D eigenvalue weighted by Gasteiger charge is 2.20. The summed E-state index contributed by atoms with van der Waals surface area (Å²) in [4.78, 5) is 4.73. The number of likely N-dealkylation sites (N-methyl/N-ethyl adjacent to an activating group) is 1. The number of anilines is 3. The lowest BCUT2D eigenvalue weighted by Gasteiger charge is -2.37. The van der Waals surface area contributed by atoms with Gasteiger partial charge in [0.1, 0.15) is 0 Å². The second-order valence-corrected chi connectivity index (χ2v) is 5.66. The second kappa shape index (κ2) is 5.78. The first-order valence-corrected chi connectivity index (χ1v) is 7.55. The highest BCUT2D eigenvalue weighted by Crippen LogP contribution is 2.36. The minimum Gasteiger partial charge on any atom is -0.371 e. The summed E-state index contributed by atoms with van der Waals surface area (Å²) >= 11 is 0. The van der Waals surface area contributed by atoms with E-state index in [0.29, 0.717) is 6.04 Å². The molecule has 0 radical (unpaired) electrons. The maximum atomic E-state index is 3.28. The molecular weight excluding hydrogens is 258 g/mol. The van der Waals surface area contributed by atoms with Crippen LogP contribution >= 0.6 is 0 Å². The van der Waals surface area contributed by atoms with Gasteiger partial charge in [0, 0.05) is 31.9 Å². The molecule has 1 atom stereocenters. The lowest BCUT2D eigenvalue weighted by molar-refractivity contribution is 0.652. The Bertz CT molecular complexity index is 606. The van der Waals surface area contributed by atoms with E-state index < -0.39 is 0 Å². The molecule has 1 N–H and O–H groups in total. The molecule has 0 saturated carbocycles. The van der Waals surface area contributed by atoms with Crippen LogP contribution in [-0.4, -0.2) is 27.2 Å². The van der Waals surface area contributed by atoms with Crippen LogP contribution < -0.4 is 15.1 Å². The molecule has 0 spiro atoms. The summed E-state index contributed by atoms with van der Waals surface area (Å²) in [5, 5.41) is 3.28.